The van der Waals surface area contributed by atoms with Crippen LogP contribution in [0.2, 0.25) is 0 Å². The molecule has 0 aromatic heterocycles. The van der Waals surface area contributed by atoms with E-state index in [9.17, 15) is 0 Å². The van der Waals surface area contributed by atoms with Crippen LogP contribution in [0.1, 0.15) is 43.2 Å². The maximum Gasteiger partial charge on any atom is 0.191 e. The van der Waals surface area contributed by atoms with Crippen molar-refractivity contribution in [2.75, 3.05) is 21.1 Å². The van der Waals surface area contributed by atoms with Crippen LogP contribution in [0.5, 0.6) is 0 Å². The van der Waals surface area contributed by atoms with Gasteiger partial charge in [0.05, 0.1) is 0 Å². The van der Waals surface area contributed by atoms with Crippen LogP contribution in [0.15, 0.2) is 29.3 Å². The van der Waals surface area contributed by atoms with E-state index in [0.29, 0.717) is 6.04 Å². The molecule has 0 atom stereocenters. The summed E-state index contributed by atoms with van der Waals surface area (Å²) in [5.41, 5.74) is 2.64. The maximum atomic E-state index is 4.35. The van der Waals surface area contributed by atoms with Crippen LogP contribution in [0, 0.1) is 0 Å². The minimum Gasteiger partial charge on any atom is -0.354 e. The molecule has 5 heteroatoms. The van der Waals surface area contributed by atoms with E-state index >= 15 is 0 Å². The summed E-state index contributed by atoms with van der Waals surface area (Å²) in [5, 5.41) is 6.99. The van der Waals surface area contributed by atoms with E-state index in [1.54, 1.807) is 0 Å². The van der Waals surface area contributed by atoms with Gasteiger partial charge in [-0.15, -0.1) is 24.0 Å². The largest absolute Gasteiger partial charge is 0.354 e. The highest BCUT2D eigenvalue weighted by Gasteiger charge is 2.14. The number of hydrogen-bond donors (Lipinski definition) is 2. The Kier molecular flexibility index (Phi) is 9.55. The molecular weight excluding hydrogens is 399 g/mol. The second kappa shape index (κ2) is 10.9. The van der Waals surface area contributed by atoms with Crippen molar-refractivity contribution in [3.63, 3.8) is 0 Å². The zero-order chi connectivity index (χ0) is 15.8. The quantitative estimate of drug-likeness (QED) is 0.428. The van der Waals surface area contributed by atoms with E-state index in [2.05, 4.69) is 58.9 Å². The van der Waals surface area contributed by atoms with E-state index in [0.717, 1.165) is 19.0 Å². The first-order valence-corrected chi connectivity index (χ1v) is 8.37. The van der Waals surface area contributed by atoms with Crippen molar-refractivity contribution in [1.82, 2.24) is 15.5 Å². The molecule has 1 aliphatic carbocycles. The Balaban J connectivity index is 0.00000264. The van der Waals surface area contributed by atoms with Crippen LogP contribution in [0.25, 0.3) is 0 Å². The summed E-state index contributed by atoms with van der Waals surface area (Å²) in [6, 6.07) is 9.33. The summed E-state index contributed by atoms with van der Waals surface area (Å²) in [5.74, 6) is 0.921. The highest BCUT2D eigenvalue weighted by molar-refractivity contribution is 14.0. The van der Waals surface area contributed by atoms with Gasteiger partial charge in [-0.1, -0.05) is 43.5 Å². The Morgan fingerprint density at radius 2 is 1.87 bits per heavy atom. The van der Waals surface area contributed by atoms with Crippen molar-refractivity contribution in [3.05, 3.63) is 35.4 Å². The Bertz CT molecular complexity index is 482. The average molecular weight is 430 g/mol. The number of benzene rings is 1. The number of hydrogen-bond acceptors (Lipinski definition) is 2. The molecule has 0 bridgehead atoms. The van der Waals surface area contributed by atoms with Crippen molar-refractivity contribution in [2.24, 2.45) is 4.99 Å². The molecule has 1 aliphatic rings. The van der Waals surface area contributed by atoms with Gasteiger partial charge in [-0.05, 0) is 38.1 Å². The third-order valence-electron chi connectivity index (χ3n) is 4.12. The number of halogens is 1. The second-order valence-electron chi connectivity index (χ2n) is 6.46. The molecule has 2 N–H and O–H groups in total. The minimum atomic E-state index is 0. The zero-order valence-corrected chi connectivity index (χ0v) is 17.0. The van der Waals surface area contributed by atoms with Crippen LogP contribution in [-0.4, -0.2) is 38.0 Å². The standard InChI is InChI=1S/C18H30N4.HI/c1-19-18(21-17-10-5-4-6-11-17)20-13-15-8-7-9-16(12-15)14-22(2)3;/h7-9,12,17H,4-6,10-11,13-14H2,1-3H3,(H2,19,20,21);1H. The fourth-order valence-corrected chi connectivity index (χ4v) is 3.02. The summed E-state index contributed by atoms with van der Waals surface area (Å²) >= 11 is 0. The molecule has 1 aromatic rings. The van der Waals surface area contributed by atoms with Crippen LogP contribution in [0.4, 0.5) is 0 Å². The molecule has 1 aromatic carbocycles. The summed E-state index contributed by atoms with van der Waals surface area (Å²) in [4.78, 5) is 6.54. The van der Waals surface area contributed by atoms with Crippen LogP contribution in [-0.2, 0) is 13.1 Å². The van der Waals surface area contributed by atoms with Gasteiger partial charge in [0.1, 0.15) is 0 Å². The molecule has 0 spiro atoms. The van der Waals surface area contributed by atoms with E-state index in [1.165, 1.54) is 43.2 Å². The first-order valence-electron chi connectivity index (χ1n) is 8.37. The van der Waals surface area contributed by atoms with Crippen molar-refractivity contribution in [1.29, 1.82) is 0 Å². The lowest BCUT2D eigenvalue weighted by Crippen LogP contribution is -2.43. The second-order valence-corrected chi connectivity index (χ2v) is 6.46. The molecule has 2 rings (SSSR count). The summed E-state index contributed by atoms with van der Waals surface area (Å²) in [6.07, 6.45) is 6.57. The molecule has 0 unspecified atom stereocenters. The highest BCUT2D eigenvalue weighted by atomic mass is 127. The molecule has 4 nitrogen and oxygen atoms in total. The molecule has 0 saturated heterocycles. The van der Waals surface area contributed by atoms with E-state index in [4.69, 9.17) is 0 Å². The van der Waals surface area contributed by atoms with Gasteiger partial charge in [-0.3, -0.25) is 4.99 Å². The van der Waals surface area contributed by atoms with Gasteiger partial charge in [-0.25, -0.2) is 0 Å². The Labute approximate surface area is 158 Å². The number of nitrogens with zero attached hydrogens (tertiary/aromatic N) is 2. The van der Waals surface area contributed by atoms with E-state index in [-0.39, 0.29) is 24.0 Å². The van der Waals surface area contributed by atoms with Gasteiger partial charge in [-0.2, -0.15) is 0 Å². The third-order valence-corrected chi connectivity index (χ3v) is 4.12. The van der Waals surface area contributed by atoms with Gasteiger partial charge in [0.25, 0.3) is 0 Å². The summed E-state index contributed by atoms with van der Waals surface area (Å²) < 4.78 is 0. The molecule has 1 fully saturated rings. The maximum absolute atomic E-state index is 4.35. The number of guanidine groups is 1. The first kappa shape index (κ1) is 20.2. The van der Waals surface area contributed by atoms with Crippen molar-refractivity contribution >= 4 is 29.9 Å². The highest BCUT2D eigenvalue weighted by Crippen LogP contribution is 2.17. The van der Waals surface area contributed by atoms with Crippen LogP contribution < -0.4 is 10.6 Å². The molecular formula is C18H31IN4. The summed E-state index contributed by atoms with van der Waals surface area (Å²) in [7, 11) is 6.04. The minimum absolute atomic E-state index is 0. The third kappa shape index (κ3) is 7.52. The Morgan fingerprint density at radius 1 is 1.17 bits per heavy atom. The topological polar surface area (TPSA) is 39.7 Å². The normalized spacial score (nSPS) is 16.1. The van der Waals surface area contributed by atoms with Crippen molar-refractivity contribution < 1.29 is 0 Å². The predicted octanol–water partition coefficient (Wildman–Crippen LogP) is 3.36. The lowest BCUT2D eigenvalue weighted by atomic mass is 9.96. The number of aliphatic imine (C=N–C) groups is 1. The monoisotopic (exact) mass is 430 g/mol. The molecule has 23 heavy (non-hydrogen) atoms. The smallest absolute Gasteiger partial charge is 0.191 e. The lowest BCUT2D eigenvalue weighted by molar-refractivity contribution is 0.402. The fraction of sp³-hybridized carbons (Fsp3) is 0.611. The van der Waals surface area contributed by atoms with Crippen LogP contribution >= 0.6 is 24.0 Å². The first-order chi connectivity index (χ1) is 10.7. The van der Waals surface area contributed by atoms with Gasteiger partial charge in [0.15, 0.2) is 5.96 Å². The predicted molar refractivity (Wildman–Crippen MR) is 109 cm³/mol. The molecule has 0 radical (unpaired) electrons. The van der Waals surface area contributed by atoms with Gasteiger partial charge in [0, 0.05) is 26.2 Å². The molecule has 130 valence electrons. The van der Waals surface area contributed by atoms with Gasteiger partial charge in [0.2, 0.25) is 0 Å². The average Bonchev–Trinajstić information content (AvgIpc) is 2.52. The molecule has 0 heterocycles. The fourth-order valence-electron chi connectivity index (χ4n) is 3.02. The SMILES string of the molecule is CN=C(NCc1cccc(CN(C)C)c1)NC1CCCCC1.I. The van der Waals surface area contributed by atoms with Crippen molar-refractivity contribution in [2.45, 2.75) is 51.2 Å². The molecule has 1 saturated carbocycles. The van der Waals surface area contributed by atoms with E-state index in [1.807, 2.05) is 7.05 Å². The Hall–Kier alpha value is -0.820. The zero-order valence-electron chi connectivity index (χ0n) is 14.6. The summed E-state index contributed by atoms with van der Waals surface area (Å²) in [6.45, 7) is 1.79. The van der Waals surface area contributed by atoms with Gasteiger partial charge >= 0.3 is 0 Å². The Morgan fingerprint density at radius 3 is 2.52 bits per heavy atom. The molecule has 0 amide bonds. The van der Waals surface area contributed by atoms with E-state index < -0.39 is 0 Å². The van der Waals surface area contributed by atoms with Crippen molar-refractivity contribution in [3.8, 4) is 0 Å². The van der Waals surface area contributed by atoms with Gasteiger partial charge < -0.3 is 15.5 Å². The van der Waals surface area contributed by atoms with Crippen LogP contribution in [0.3, 0.4) is 0 Å². The lowest BCUT2D eigenvalue weighted by Gasteiger charge is -2.25. The number of nitrogens with one attached hydrogen (secondary N) is 2. The number of rotatable bonds is 5. The molecule has 0 aliphatic heterocycles.